The van der Waals surface area contributed by atoms with E-state index < -0.39 is 0 Å². The Bertz CT molecular complexity index is 1060. The number of rotatable bonds is 10. The van der Waals surface area contributed by atoms with Gasteiger partial charge in [0, 0.05) is 36.7 Å². The van der Waals surface area contributed by atoms with E-state index in [0.29, 0.717) is 36.5 Å². The van der Waals surface area contributed by atoms with Crippen LogP contribution in [0.5, 0.6) is 0 Å². The topological polar surface area (TPSA) is 37.6 Å². The summed E-state index contributed by atoms with van der Waals surface area (Å²) in [6.45, 7) is 17.8. The lowest BCUT2D eigenvalue weighted by atomic mass is 9.93. The molecule has 0 saturated carbocycles. The van der Waals surface area contributed by atoms with Crippen LogP contribution in [0.1, 0.15) is 113 Å². The lowest BCUT2D eigenvalue weighted by Gasteiger charge is -2.16. The van der Waals surface area contributed by atoms with Crippen LogP contribution in [0, 0.1) is 0 Å². The smallest absolute Gasteiger partial charge is 0.0694 e. The van der Waals surface area contributed by atoms with E-state index in [2.05, 4.69) is 110 Å². The Morgan fingerprint density at radius 1 is 0.528 bits per heavy atom. The molecular weight excluding hydrogens is 438 g/mol. The van der Waals surface area contributed by atoms with Gasteiger partial charge in [0.1, 0.15) is 0 Å². The van der Waals surface area contributed by atoms with Gasteiger partial charge in [0.25, 0.3) is 0 Å². The van der Waals surface area contributed by atoms with Gasteiger partial charge >= 0.3 is 0 Å². The van der Waals surface area contributed by atoms with E-state index >= 15 is 0 Å². The first-order chi connectivity index (χ1) is 17.2. The van der Waals surface area contributed by atoms with Crippen molar-refractivity contribution in [1.29, 1.82) is 0 Å². The Kier molecular flexibility index (Phi) is 9.75. The van der Waals surface area contributed by atoms with Crippen LogP contribution in [-0.4, -0.2) is 17.4 Å². The summed E-state index contributed by atoms with van der Waals surface area (Å²) in [6, 6.07) is 19.3. The molecule has 0 N–H and O–H groups in total. The molecule has 2 aromatic carbocycles. The van der Waals surface area contributed by atoms with Crippen molar-refractivity contribution < 1.29 is 0 Å². The first-order valence-corrected chi connectivity index (χ1v) is 13.4. The summed E-state index contributed by atoms with van der Waals surface area (Å²) in [5.41, 5.74) is 9.52. The predicted molar refractivity (Wildman–Crippen MR) is 157 cm³/mol. The average Bonchev–Trinajstić information content (AvgIpc) is 2.84. The SMILES string of the molecule is CC(C)c1cccc(C(C)C)c1N=CCc1cccc(CC=Nc2c(C(C)C)cccc2C(C)C)n1. The van der Waals surface area contributed by atoms with Gasteiger partial charge in [-0.3, -0.25) is 15.0 Å². The molecular formula is C33H43N3. The monoisotopic (exact) mass is 481 g/mol. The van der Waals surface area contributed by atoms with Crippen LogP contribution in [0.4, 0.5) is 11.4 Å². The quantitative estimate of drug-likeness (QED) is 0.266. The highest BCUT2D eigenvalue weighted by Crippen LogP contribution is 2.35. The number of pyridine rings is 1. The fourth-order valence-electron chi connectivity index (χ4n) is 4.54. The second-order valence-corrected chi connectivity index (χ2v) is 10.8. The molecule has 0 atom stereocenters. The van der Waals surface area contributed by atoms with E-state index in [-0.39, 0.29) is 0 Å². The van der Waals surface area contributed by atoms with Crippen LogP contribution in [-0.2, 0) is 12.8 Å². The number of para-hydroxylation sites is 2. The predicted octanol–water partition coefficient (Wildman–Crippen LogP) is 9.47. The van der Waals surface area contributed by atoms with Crippen molar-refractivity contribution >= 4 is 23.8 Å². The van der Waals surface area contributed by atoms with E-state index in [1.807, 2.05) is 12.4 Å². The Balaban J connectivity index is 1.77. The Morgan fingerprint density at radius 2 is 0.833 bits per heavy atom. The van der Waals surface area contributed by atoms with Crippen LogP contribution in [0.2, 0.25) is 0 Å². The molecule has 3 aromatic rings. The molecule has 0 bridgehead atoms. The standard InChI is InChI=1S/C33H43N3/c1-22(2)28-14-10-15-29(23(3)4)32(28)34-20-18-26-12-9-13-27(36-26)19-21-35-33-30(24(5)6)16-11-17-31(33)25(7)8/h9-17,20-25H,18-19H2,1-8H3. The minimum absolute atomic E-state index is 0.439. The van der Waals surface area contributed by atoms with Gasteiger partial charge in [0.05, 0.1) is 11.4 Å². The van der Waals surface area contributed by atoms with Gasteiger partial charge in [-0.1, -0.05) is 97.9 Å². The highest BCUT2D eigenvalue weighted by atomic mass is 14.8. The third-order valence-electron chi connectivity index (χ3n) is 6.59. The summed E-state index contributed by atoms with van der Waals surface area (Å²) in [6.07, 6.45) is 5.45. The molecule has 36 heavy (non-hydrogen) atoms. The summed E-state index contributed by atoms with van der Waals surface area (Å²) in [5, 5.41) is 0. The highest BCUT2D eigenvalue weighted by Gasteiger charge is 2.13. The van der Waals surface area contributed by atoms with Gasteiger partial charge < -0.3 is 0 Å². The van der Waals surface area contributed by atoms with Crippen molar-refractivity contribution in [3.05, 3.63) is 88.2 Å². The van der Waals surface area contributed by atoms with Gasteiger partial charge in [0.2, 0.25) is 0 Å². The zero-order chi connectivity index (χ0) is 26.2. The molecule has 0 aliphatic rings. The number of aliphatic imine (C=N–C) groups is 2. The molecule has 0 fully saturated rings. The van der Waals surface area contributed by atoms with Gasteiger partial charge in [-0.15, -0.1) is 0 Å². The molecule has 0 amide bonds. The summed E-state index contributed by atoms with van der Waals surface area (Å²) in [4.78, 5) is 14.8. The Morgan fingerprint density at radius 3 is 1.14 bits per heavy atom. The van der Waals surface area contributed by atoms with Crippen molar-refractivity contribution in [2.24, 2.45) is 9.98 Å². The van der Waals surface area contributed by atoms with Crippen molar-refractivity contribution in [3.8, 4) is 0 Å². The molecule has 3 rings (SSSR count). The summed E-state index contributed by atoms with van der Waals surface area (Å²) in [5.74, 6) is 1.75. The first-order valence-electron chi connectivity index (χ1n) is 13.4. The molecule has 0 radical (unpaired) electrons. The Hall–Kier alpha value is -3.07. The summed E-state index contributed by atoms with van der Waals surface area (Å²) >= 11 is 0. The minimum Gasteiger partial charge on any atom is -0.260 e. The Labute approximate surface area is 218 Å². The second kappa shape index (κ2) is 12.8. The summed E-state index contributed by atoms with van der Waals surface area (Å²) in [7, 11) is 0. The molecule has 0 spiro atoms. The maximum absolute atomic E-state index is 4.94. The van der Waals surface area contributed by atoms with E-state index in [0.717, 1.165) is 22.8 Å². The first kappa shape index (κ1) is 27.5. The van der Waals surface area contributed by atoms with Crippen molar-refractivity contribution in [2.45, 2.75) is 91.9 Å². The lowest BCUT2D eigenvalue weighted by molar-refractivity contribution is 0.834. The van der Waals surface area contributed by atoms with Crippen LogP contribution in [0.3, 0.4) is 0 Å². The number of aromatic nitrogens is 1. The molecule has 0 aliphatic heterocycles. The van der Waals surface area contributed by atoms with Gasteiger partial charge in [-0.25, -0.2) is 0 Å². The number of hydrogen-bond acceptors (Lipinski definition) is 3. The fourth-order valence-corrected chi connectivity index (χ4v) is 4.54. The van der Waals surface area contributed by atoms with Gasteiger partial charge in [0.15, 0.2) is 0 Å². The maximum atomic E-state index is 4.94. The molecule has 0 aliphatic carbocycles. The van der Waals surface area contributed by atoms with Crippen LogP contribution in [0.15, 0.2) is 64.6 Å². The van der Waals surface area contributed by atoms with Crippen LogP contribution >= 0.6 is 0 Å². The normalized spacial score (nSPS) is 12.3. The minimum atomic E-state index is 0.439. The summed E-state index contributed by atoms with van der Waals surface area (Å²) < 4.78 is 0. The molecule has 0 saturated heterocycles. The number of benzene rings is 2. The van der Waals surface area contributed by atoms with Crippen LogP contribution < -0.4 is 0 Å². The highest BCUT2D eigenvalue weighted by molar-refractivity contribution is 5.71. The lowest BCUT2D eigenvalue weighted by Crippen LogP contribution is -1.99. The zero-order valence-corrected chi connectivity index (χ0v) is 23.4. The molecule has 190 valence electrons. The van der Waals surface area contributed by atoms with E-state index in [9.17, 15) is 0 Å². The van der Waals surface area contributed by atoms with Crippen LogP contribution in [0.25, 0.3) is 0 Å². The third-order valence-corrected chi connectivity index (χ3v) is 6.59. The van der Waals surface area contributed by atoms with E-state index in [1.54, 1.807) is 0 Å². The molecule has 1 heterocycles. The second-order valence-electron chi connectivity index (χ2n) is 10.8. The zero-order valence-electron chi connectivity index (χ0n) is 23.4. The van der Waals surface area contributed by atoms with Crippen molar-refractivity contribution in [2.75, 3.05) is 0 Å². The van der Waals surface area contributed by atoms with Crippen molar-refractivity contribution in [1.82, 2.24) is 4.98 Å². The maximum Gasteiger partial charge on any atom is 0.0694 e. The third kappa shape index (κ3) is 7.00. The number of hydrogen-bond donors (Lipinski definition) is 0. The molecule has 1 aromatic heterocycles. The molecule has 0 unspecified atom stereocenters. The van der Waals surface area contributed by atoms with Gasteiger partial charge in [-0.05, 0) is 58.1 Å². The average molecular weight is 482 g/mol. The van der Waals surface area contributed by atoms with Crippen molar-refractivity contribution in [3.63, 3.8) is 0 Å². The molecule has 3 nitrogen and oxygen atoms in total. The van der Waals surface area contributed by atoms with E-state index in [4.69, 9.17) is 15.0 Å². The fraction of sp³-hybridized carbons (Fsp3) is 0.424. The largest absolute Gasteiger partial charge is 0.260 e. The van der Waals surface area contributed by atoms with E-state index in [1.165, 1.54) is 22.3 Å². The molecule has 3 heteroatoms. The number of nitrogens with zero attached hydrogens (tertiary/aromatic N) is 3. The van der Waals surface area contributed by atoms with Gasteiger partial charge in [-0.2, -0.15) is 0 Å².